The third-order valence-electron chi connectivity index (χ3n) is 1.41. The molecule has 6 heteroatoms. The monoisotopic (exact) mass is 188 g/mol. The zero-order valence-corrected chi connectivity index (χ0v) is 6.91. The van der Waals surface area contributed by atoms with Gasteiger partial charge in [0.05, 0.1) is 10.7 Å². The number of nitrogens with zero attached hydrogens (tertiary/aromatic N) is 2. The maximum Gasteiger partial charge on any atom is 0.325 e. The highest BCUT2D eigenvalue weighted by Crippen LogP contribution is 2.14. The van der Waals surface area contributed by atoms with Gasteiger partial charge in [-0.1, -0.05) is 11.6 Å². The highest BCUT2D eigenvalue weighted by Gasteiger charge is 2.31. The topological polar surface area (TPSA) is 72.6 Å². The molecular weight excluding hydrogens is 184 g/mol. The minimum atomic E-state index is -1.42. The van der Waals surface area contributed by atoms with Gasteiger partial charge in [-0.25, -0.2) is 4.99 Å². The second-order valence-electron chi connectivity index (χ2n) is 2.28. The molecule has 5 nitrogen and oxygen atoms in total. The summed E-state index contributed by atoms with van der Waals surface area (Å²) < 4.78 is 0. The Morgan fingerprint density at radius 2 is 2.33 bits per heavy atom. The molecule has 0 fully saturated rings. The van der Waals surface area contributed by atoms with Gasteiger partial charge < -0.3 is 0 Å². The van der Waals surface area contributed by atoms with Crippen molar-refractivity contribution in [3.8, 4) is 0 Å². The molecule has 0 radical (unpaired) electrons. The number of dihydropyridines is 1. The SMILES string of the molecule is CC1=NC(=O)C([N+](=O)[O-])C=C1Cl. The number of carbonyl (C=O) groups is 1. The van der Waals surface area contributed by atoms with E-state index in [4.69, 9.17) is 11.6 Å². The first-order valence-corrected chi connectivity index (χ1v) is 3.50. The summed E-state index contributed by atoms with van der Waals surface area (Å²) in [5.41, 5.74) is 0.319. The van der Waals surface area contributed by atoms with E-state index in [0.717, 1.165) is 6.08 Å². The number of rotatable bonds is 1. The van der Waals surface area contributed by atoms with Crippen LogP contribution in [0.2, 0.25) is 0 Å². The van der Waals surface area contributed by atoms with Gasteiger partial charge in [0.2, 0.25) is 0 Å². The Bertz CT molecular complexity index is 308. The highest BCUT2D eigenvalue weighted by atomic mass is 35.5. The van der Waals surface area contributed by atoms with Crippen LogP contribution < -0.4 is 0 Å². The first kappa shape index (κ1) is 8.86. The van der Waals surface area contributed by atoms with Crippen molar-refractivity contribution in [2.75, 3.05) is 0 Å². The lowest BCUT2D eigenvalue weighted by Crippen LogP contribution is -2.30. The quantitative estimate of drug-likeness (QED) is 0.450. The molecule has 0 bridgehead atoms. The molecule has 1 rings (SSSR count). The van der Waals surface area contributed by atoms with Crippen LogP contribution in [0.4, 0.5) is 0 Å². The molecule has 0 aliphatic carbocycles. The van der Waals surface area contributed by atoms with E-state index in [1.165, 1.54) is 6.92 Å². The van der Waals surface area contributed by atoms with E-state index >= 15 is 0 Å². The van der Waals surface area contributed by atoms with E-state index in [2.05, 4.69) is 4.99 Å². The smallest absolute Gasteiger partial charge is 0.264 e. The summed E-state index contributed by atoms with van der Waals surface area (Å²) in [4.78, 5) is 23.8. The van der Waals surface area contributed by atoms with Crippen molar-refractivity contribution in [3.63, 3.8) is 0 Å². The van der Waals surface area contributed by atoms with Crippen LogP contribution in [-0.2, 0) is 4.79 Å². The Morgan fingerprint density at radius 1 is 1.75 bits per heavy atom. The third kappa shape index (κ3) is 1.50. The second-order valence-corrected chi connectivity index (χ2v) is 2.69. The number of allylic oxidation sites excluding steroid dienone is 1. The summed E-state index contributed by atoms with van der Waals surface area (Å²) in [5.74, 6) is -0.776. The molecule has 64 valence electrons. The van der Waals surface area contributed by atoms with Gasteiger partial charge >= 0.3 is 11.9 Å². The molecule has 1 amide bonds. The summed E-state index contributed by atoms with van der Waals surface area (Å²) >= 11 is 5.54. The number of carbonyl (C=O) groups excluding carboxylic acids is 1. The van der Waals surface area contributed by atoms with Gasteiger partial charge in [0, 0.05) is 11.0 Å². The Hall–Kier alpha value is -1.23. The summed E-state index contributed by atoms with van der Waals surface area (Å²) in [5, 5.41) is 10.4. The molecule has 0 spiro atoms. The summed E-state index contributed by atoms with van der Waals surface area (Å²) in [7, 11) is 0. The van der Waals surface area contributed by atoms with Gasteiger partial charge in [0.15, 0.2) is 0 Å². The van der Waals surface area contributed by atoms with Crippen molar-refractivity contribution in [3.05, 3.63) is 21.2 Å². The van der Waals surface area contributed by atoms with Crippen molar-refractivity contribution in [1.82, 2.24) is 0 Å². The lowest BCUT2D eigenvalue weighted by atomic mass is 10.2. The van der Waals surface area contributed by atoms with Gasteiger partial charge in [-0.2, -0.15) is 0 Å². The normalized spacial score (nSPS) is 23.2. The van der Waals surface area contributed by atoms with Crippen molar-refractivity contribution in [1.29, 1.82) is 0 Å². The molecular formula is C6H5ClN2O3. The Balaban J connectivity index is 2.99. The fourth-order valence-electron chi connectivity index (χ4n) is 0.766. The minimum absolute atomic E-state index is 0.163. The fourth-order valence-corrected chi connectivity index (χ4v) is 0.928. The Labute approximate surface area is 72.9 Å². The maximum atomic E-state index is 10.9. The number of aliphatic imine (C=N–C) groups is 1. The summed E-state index contributed by atoms with van der Waals surface area (Å²) in [6.45, 7) is 1.52. The van der Waals surface area contributed by atoms with Gasteiger partial charge in [0.25, 0.3) is 0 Å². The van der Waals surface area contributed by atoms with E-state index in [9.17, 15) is 14.9 Å². The molecule has 1 heterocycles. The highest BCUT2D eigenvalue weighted by molar-refractivity contribution is 6.44. The van der Waals surface area contributed by atoms with Gasteiger partial charge in [-0.05, 0) is 6.92 Å². The minimum Gasteiger partial charge on any atom is -0.264 e. The average molecular weight is 189 g/mol. The zero-order valence-electron chi connectivity index (χ0n) is 6.15. The molecule has 1 aliphatic rings. The number of hydrogen-bond donors (Lipinski definition) is 0. The standard InChI is InChI=1S/C6H5ClN2O3/c1-3-4(7)2-5(9(11)12)6(10)8-3/h2,5H,1H3. The van der Waals surface area contributed by atoms with Crippen LogP contribution in [0.15, 0.2) is 16.1 Å². The van der Waals surface area contributed by atoms with Gasteiger partial charge in [-0.3, -0.25) is 14.9 Å². The molecule has 1 aliphatic heterocycles. The molecule has 1 atom stereocenters. The van der Waals surface area contributed by atoms with Gasteiger partial charge in [-0.15, -0.1) is 0 Å². The van der Waals surface area contributed by atoms with Crippen LogP contribution >= 0.6 is 11.6 Å². The molecule has 1 unspecified atom stereocenters. The number of halogens is 1. The molecule has 0 saturated heterocycles. The molecule has 0 N–H and O–H groups in total. The number of amides is 1. The van der Waals surface area contributed by atoms with Crippen LogP contribution in [0.5, 0.6) is 0 Å². The van der Waals surface area contributed by atoms with E-state index < -0.39 is 16.9 Å². The largest absolute Gasteiger partial charge is 0.325 e. The lowest BCUT2D eigenvalue weighted by molar-refractivity contribution is -0.495. The molecule has 0 aromatic carbocycles. The Kier molecular flexibility index (Phi) is 2.23. The predicted molar refractivity (Wildman–Crippen MR) is 42.8 cm³/mol. The van der Waals surface area contributed by atoms with E-state index in [0.29, 0.717) is 5.71 Å². The number of hydrogen-bond acceptors (Lipinski definition) is 3. The third-order valence-corrected chi connectivity index (χ3v) is 1.81. The molecule has 0 saturated carbocycles. The van der Waals surface area contributed by atoms with E-state index in [-0.39, 0.29) is 5.03 Å². The molecule has 0 aromatic rings. The first-order valence-electron chi connectivity index (χ1n) is 3.12. The maximum absolute atomic E-state index is 10.9. The van der Waals surface area contributed by atoms with Crippen molar-refractivity contribution in [2.45, 2.75) is 13.0 Å². The molecule has 0 aromatic heterocycles. The van der Waals surface area contributed by atoms with Crippen molar-refractivity contribution >= 4 is 23.2 Å². The lowest BCUT2D eigenvalue weighted by Gasteiger charge is -2.07. The second kappa shape index (κ2) is 3.02. The van der Waals surface area contributed by atoms with Crippen molar-refractivity contribution in [2.24, 2.45) is 4.99 Å². The summed E-state index contributed by atoms with van der Waals surface area (Å²) in [6.07, 6.45) is 1.09. The van der Waals surface area contributed by atoms with Crippen LogP contribution in [-0.4, -0.2) is 22.6 Å². The van der Waals surface area contributed by atoms with Crippen LogP contribution in [0.25, 0.3) is 0 Å². The molecule has 12 heavy (non-hydrogen) atoms. The van der Waals surface area contributed by atoms with Crippen LogP contribution in [0, 0.1) is 10.1 Å². The average Bonchev–Trinajstić information content (AvgIpc) is 1.96. The summed E-state index contributed by atoms with van der Waals surface area (Å²) in [6, 6.07) is -1.42. The predicted octanol–water partition coefficient (Wildman–Crippen LogP) is 0.755. The van der Waals surface area contributed by atoms with Gasteiger partial charge in [0.1, 0.15) is 0 Å². The fraction of sp³-hybridized carbons (Fsp3) is 0.333. The van der Waals surface area contributed by atoms with E-state index in [1.54, 1.807) is 0 Å². The van der Waals surface area contributed by atoms with Crippen LogP contribution in [0.1, 0.15) is 6.92 Å². The first-order chi connectivity index (χ1) is 5.52. The zero-order chi connectivity index (χ0) is 9.30. The Morgan fingerprint density at radius 3 is 2.83 bits per heavy atom. The van der Waals surface area contributed by atoms with Crippen LogP contribution in [0.3, 0.4) is 0 Å². The van der Waals surface area contributed by atoms with E-state index in [1.807, 2.05) is 0 Å². The number of nitro groups is 1. The van der Waals surface area contributed by atoms with Crippen molar-refractivity contribution < 1.29 is 9.72 Å².